The molecule has 53 heavy (non-hydrogen) atoms. The molecule has 0 aliphatic carbocycles. The second-order valence-corrected chi connectivity index (χ2v) is 14.2. The van der Waals surface area contributed by atoms with E-state index in [2.05, 4.69) is 187 Å². The number of fused-ring (bicyclic) bond motifs is 5. The van der Waals surface area contributed by atoms with Gasteiger partial charge in [0, 0.05) is 33.4 Å². The standard InChI is InChI=1S/C49H32N2OS/c1-4-10-33(11-5-1)35-16-23-40(24-17-35)51(41-25-18-36(19-26-41)34-12-6-2-7-13-34)42-27-20-37(21-28-42)39-22-29-43-46(32-39)52-45-31-30-44-48(47(43)45)53-49(50-44)38-14-8-3-9-15-38/h1-32H. The number of benzene rings is 8. The number of aromatic nitrogens is 1. The summed E-state index contributed by atoms with van der Waals surface area (Å²) in [5.74, 6) is 0. The fourth-order valence-corrected chi connectivity index (χ4v) is 8.37. The Morgan fingerprint density at radius 1 is 0.396 bits per heavy atom. The average Bonchev–Trinajstić information content (AvgIpc) is 3.84. The van der Waals surface area contributed by atoms with Crippen molar-refractivity contribution in [3.63, 3.8) is 0 Å². The topological polar surface area (TPSA) is 29.3 Å². The van der Waals surface area contributed by atoms with E-state index < -0.39 is 0 Å². The minimum atomic E-state index is 0.877. The number of rotatable bonds is 7. The Morgan fingerprint density at radius 2 is 0.849 bits per heavy atom. The lowest BCUT2D eigenvalue weighted by Crippen LogP contribution is -2.09. The summed E-state index contributed by atoms with van der Waals surface area (Å²) in [6.45, 7) is 0. The van der Waals surface area contributed by atoms with Crippen molar-refractivity contribution in [2.24, 2.45) is 0 Å². The minimum Gasteiger partial charge on any atom is -0.456 e. The van der Waals surface area contributed by atoms with E-state index >= 15 is 0 Å². The second-order valence-electron chi connectivity index (χ2n) is 13.2. The minimum absolute atomic E-state index is 0.877. The fraction of sp³-hybridized carbons (Fsp3) is 0. The van der Waals surface area contributed by atoms with Gasteiger partial charge in [0.15, 0.2) is 0 Å². The highest BCUT2D eigenvalue weighted by Crippen LogP contribution is 2.42. The van der Waals surface area contributed by atoms with E-state index in [-0.39, 0.29) is 0 Å². The van der Waals surface area contributed by atoms with Gasteiger partial charge in [-0.15, -0.1) is 11.3 Å². The van der Waals surface area contributed by atoms with Gasteiger partial charge in [0.1, 0.15) is 16.2 Å². The summed E-state index contributed by atoms with van der Waals surface area (Å²) < 4.78 is 7.63. The van der Waals surface area contributed by atoms with Gasteiger partial charge >= 0.3 is 0 Å². The summed E-state index contributed by atoms with van der Waals surface area (Å²) in [6, 6.07) is 68.6. The first-order valence-electron chi connectivity index (χ1n) is 17.8. The van der Waals surface area contributed by atoms with Crippen LogP contribution in [0.2, 0.25) is 0 Å². The lowest BCUT2D eigenvalue weighted by Gasteiger charge is -2.26. The molecule has 0 fully saturated rings. The molecule has 0 unspecified atom stereocenters. The quantitative estimate of drug-likeness (QED) is 0.166. The molecule has 0 aliphatic heterocycles. The van der Waals surface area contributed by atoms with Gasteiger partial charge in [0.05, 0.1) is 10.2 Å². The van der Waals surface area contributed by atoms with Crippen molar-refractivity contribution in [3.8, 4) is 44.0 Å². The van der Waals surface area contributed by atoms with Crippen LogP contribution in [-0.2, 0) is 0 Å². The summed E-state index contributed by atoms with van der Waals surface area (Å²) in [5, 5.41) is 3.26. The van der Waals surface area contributed by atoms with Gasteiger partial charge in [-0.2, -0.15) is 0 Å². The number of hydrogen-bond acceptors (Lipinski definition) is 4. The predicted octanol–water partition coefficient (Wildman–Crippen LogP) is 14.3. The molecule has 10 aromatic rings. The molecule has 250 valence electrons. The van der Waals surface area contributed by atoms with Gasteiger partial charge in [0.25, 0.3) is 0 Å². The molecule has 4 heteroatoms. The Morgan fingerprint density at radius 3 is 1.38 bits per heavy atom. The number of hydrogen-bond donors (Lipinski definition) is 0. The van der Waals surface area contributed by atoms with Crippen molar-refractivity contribution in [1.82, 2.24) is 4.98 Å². The average molecular weight is 697 g/mol. The molecule has 0 N–H and O–H groups in total. The van der Waals surface area contributed by atoms with Crippen LogP contribution >= 0.6 is 11.3 Å². The van der Waals surface area contributed by atoms with E-state index in [0.29, 0.717) is 0 Å². The Kier molecular flexibility index (Phi) is 7.67. The van der Waals surface area contributed by atoms with Crippen LogP contribution in [0.3, 0.4) is 0 Å². The van der Waals surface area contributed by atoms with Gasteiger partial charge in [-0.25, -0.2) is 4.98 Å². The molecule has 2 heterocycles. The number of anilines is 3. The van der Waals surface area contributed by atoms with Gasteiger partial charge in [-0.05, 0) is 94.0 Å². The molecule has 0 spiro atoms. The SMILES string of the molecule is c1ccc(-c2ccc(N(c3ccc(-c4ccccc4)cc3)c3ccc(-c4ccc5c(c4)oc4ccc6nc(-c7ccccc7)sc6c45)cc3)cc2)cc1. The Balaban J connectivity index is 1.00. The summed E-state index contributed by atoms with van der Waals surface area (Å²) in [6.07, 6.45) is 0. The Bertz CT molecular complexity index is 2760. The largest absolute Gasteiger partial charge is 0.456 e. The van der Waals surface area contributed by atoms with Gasteiger partial charge in [-0.1, -0.05) is 133 Å². The zero-order chi connectivity index (χ0) is 35.1. The predicted molar refractivity (Wildman–Crippen MR) is 223 cm³/mol. The first-order valence-corrected chi connectivity index (χ1v) is 18.6. The number of furan rings is 1. The monoisotopic (exact) mass is 696 g/mol. The molecule has 0 aliphatic rings. The molecule has 0 saturated heterocycles. The zero-order valence-corrected chi connectivity index (χ0v) is 29.5. The highest BCUT2D eigenvalue weighted by atomic mass is 32.1. The molecule has 2 aromatic heterocycles. The molecule has 0 atom stereocenters. The van der Waals surface area contributed by atoms with Crippen molar-refractivity contribution >= 4 is 60.6 Å². The third-order valence-corrected chi connectivity index (χ3v) is 11.1. The van der Waals surface area contributed by atoms with Crippen LogP contribution in [0.4, 0.5) is 17.1 Å². The second kappa shape index (κ2) is 13.1. The smallest absolute Gasteiger partial charge is 0.137 e. The molecule has 0 amide bonds. The summed E-state index contributed by atoms with van der Waals surface area (Å²) >= 11 is 1.72. The van der Waals surface area contributed by atoms with Gasteiger partial charge in [-0.3, -0.25) is 0 Å². The third-order valence-electron chi connectivity index (χ3n) is 9.94. The molecular formula is C49H32N2OS. The Hall–Kier alpha value is -6.75. The van der Waals surface area contributed by atoms with E-state index in [0.717, 1.165) is 70.9 Å². The summed E-state index contributed by atoms with van der Waals surface area (Å²) in [5.41, 5.74) is 14.2. The maximum atomic E-state index is 6.47. The van der Waals surface area contributed by atoms with E-state index in [1.54, 1.807) is 11.3 Å². The molecule has 0 radical (unpaired) electrons. The molecule has 10 rings (SSSR count). The van der Waals surface area contributed by atoms with Crippen LogP contribution in [0.15, 0.2) is 199 Å². The molecular weight excluding hydrogens is 665 g/mol. The van der Waals surface area contributed by atoms with Crippen LogP contribution in [0.25, 0.3) is 76.1 Å². The maximum Gasteiger partial charge on any atom is 0.137 e. The normalized spacial score (nSPS) is 11.4. The van der Waals surface area contributed by atoms with Crippen LogP contribution in [0, 0.1) is 0 Å². The summed E-state index contributed by atoms with van der Waals surface area (Å²) in [4.78, 5) is 7.28. The van der Waals surface area contributed by atoms with Gasteiger partial charge in [0.2, 0.25) is 0 Å². The van der Waals surface area contributed by atoms with Crippen molar-refractivity contribution < 1.29 is 4.42 Å². The van der Waals surface area contributed by atoms with Crippen molar-refractivity contribution in [1.29, 1.82) is 0 Å². The van der Waals surface area contributed by atoms with E-state index in [1.165, 1.54) is 22.3 Å². The number of nitrogens with zero attached hydrogens (tertiary/aromatic N) is 2. The van der Waals surface area contributed by atoms with E-state index in [9.17, 15) is 0 Å². The first-order chi connectivity index (χ1) is 26.2. The van der Waals surface area contributed by atoms with E-state index in [4.69, 9.17) is 9.40 Å². The highest BCUT2D eigenvalue weighted by Gasteiger charge is 2.17. The van der Waals surface area contributed by atoms with Crippen molar-refractivity contribution in [2.75, 3.05) is 4.90 Å². The van der Waals surface area contributed by atoms with Crippen LogP contribution in [-0.4, -0.2) is 4.98 Å². The van der Waals surface area contributed by atoms with Crippen LogP contribution in [0.5, 0.6) is 0 Å². The fourth-order valence-electron chi connectivity index (χ4n) is 7.25. The lowest BCUT2D eigenvalue weighted by molar-refractivity contribution is 0.669. The lowest BCUT2D eigenvalue weighted by atomic mass is 10.0. The molecule has 8 aromatic carbocycles. The molecule has 3 nitrogen and oxygen atoms in total. The molecule has 0 bridgehead atoms. The maximum absolute atomic E-state index is 6.47. The molecule has 0 saturated carbocycles. The van der Waals surface area contributed by atoms with Crippen molar-refractivity contribution in [3.05, 3.63) is 194 Å². The van der Waals surface area contributed by atoms with E-state index in [1.807, 2.05) is 12.1 Å². The van der Waals surface area contributed by atoms with Crippen molar-refractivity contribution in [2.45, 2.75) is 0 Å². The number of thiazole rings is 1. The Labute approximate surface area is 311 Å². The van der Waals surface area contributed by atoms with Gasteiger partial charge < -0.3 is 9.32 Å². The van der Waals surface area contributed by atoms with Crippen LogP contribution in [0.1, 0.15) is 0 Å². The first kappa shape index (κ1) is 31.0. The highest BCUT2D eigenvalue weighted by molar-refractivity contribution is 7.22. The zero-order valence-electron chi connectivity index (χ0n) is 28.7. The third kappa shape index (κ3) is 5.76. The summed E-state index contributed by atoms with van der Waals surface area (Å²) in [7, 11) is 0. The van der Waals surface area contributed by atoms with Crippen LogP contribution < -0.4 is 4.90 Å².